The number of sulfonamides is 1. The smallest absolute Gasteiger partial charge is 0.200 e. The van der Waals surface area contributed by atoms with Crippen molar-refractivity contribution in [3.8, 4) is 0 Å². The topological polar surface area (TPSA) is 58.5 Å². The van der Waals surface area contributed by atoms with Gasteiger partial charge in [-0.2, -0.15) is 13.5 Å². The summed E-state index contributed by atoms with van der Waals surface area (Å²) < 4.78 is 24.3. The van der Waals surface area contributed by atoms with Crippen molar-refractivity contribution < 1.29 is 8.42 Å². The van der Waals surface area contributed by atoms with Crippen LogP contribution in [-0.4, -0.2) is 14.1 Å². The second-order valence-electron chi connectivity index (χ2n) is 5.86. The van der Waals surface area contributed by atoms with E-state index in [9.17, 15) is 8.42 Å². The van der Waals surface area contributed by atoms with Gasteiger partial charge in [0.05, 0.1) is 4.90 Å². The molecular formula is C15H20N2O2S. The standard InChI is InChI=1S/C15H20N2O2S/c1-11-6-8-13(9-7-11)20(18,19)17-16-15-5-3-2-4-12-10-14(12)15/h6-9,12,14,17H,2-5,10H2,1H3/t12-,14+/m0/s1. The molecule has 0 radical (unpaired) electrons. The summed E-state index contributed by atoms with van der Waals surface area (Å²) in [5, 5.41) is 4.22. The molecule has 5 heteroatoms. The van der Waals surface area contributed by atoms with E-state index in [0.717, 1.165) is 30.0 Å². The maximum Gasteiger partial charge on any atom is 0.276 e. The lowest BCUT2D eigenvalue weighted by molar-refractivity contribution is 0.584. The summed E-state index contributed by atoms with van der Waals surface area (Å²) in [7, 11) is -3.53. The summed E-state index contributed by atoms with van der Waals surface area (Å²) in [5.74, 6) is 1.28. The third kappa shape index (κ3) is 2.87. The Hall–Kier alpha value is -1.36. The highest BCUT2D eigenvalue weighted by Gasteiger charge is 2.41. The highest BCUT2D eigenvalue weighted by atomic mass is 32.2. The molecule has 0 aromatic heterocycles. The van der Waals surface area contributed by atoms with Crippen LogP contribution >= 0.6 is 0 Å². The molecule has 20 heavy (non-hydrogen) atoms. The van der Waals surface area contributed by atoms with Gasteiger partial charge in [0.2, 0.25) is 0 Å². The Morgan fingerprint density at radius 3 is 2.70 bits per heavy atom. The Bertz CT molecular complexity index is 620. The first-order chi connectivity index (χ1) is 9.56. The normalized spacial score (nSPS) is 27.8. The maximum absolute atomic E-state index is 12.2. The Balaban J connectivity index is 1.75. The Labute approximate surface area is 120 Å². The van der Waals surface area contributed by atoms with Crippen LogP contribution in [0.2, 0.25) is 0 Å². The van der Waals surface area contributed by atoms with Gasteiger partial charge in [-0.15, -0.1) is 0 Å². The van der Waals surface area contributed by atoms with Crippen LogP contribution in [0.4, 0.5) is 0 Å². The summed E-state index contributed by atoms with van der Waals surface area (Å²) in [6.07, 6.45) is 5.75. The van der Waals surface area contributed by atoms with Gasteiger partial charge in [0.15, 0.2) is 0 Å². The van der Waals surface area contributed by atoms with Crippen LogP contribution in [-0.2, 0) is 10.0 Å². The number of hydrazone groups is 1. The maximum atomic E-state index is 12.2. The molecule has 0 aliphatic heterocycles. The van der Waals surface area contributed by atoms with Crippen LogP contribution in [0.15, 0.2) is 34.3 Å². The highest BCUT2D eigenvalue weighted by Crippen LogP contribution is 2.46. The van der Waals surface area contributed by atoms with E-state index in [1.807, 2.05) is 6.92 Å². The Morgan fingerprint density at radius 1 is 1.20 bits per heavy atom. The van der Waals surface area contributed by atoms with Gasteiger partial charge in [-0.25, -0.2) is 4.83 Å². The lowest BCUT2D eigenvalue weighted by atomic mass is 10.1. The second-order valence-corrected chi connectivity index (χ2v) is 7.52. The molecular weight excluding hydrogens is 272 g/mol. The summed E-state index contributed by atoms with van der Waals surface area (Å²) in [6.45, 7) is 1.93. The summed E-state index contributed by atoms with van der Waals surface area (Å²) >= 11 is 0. The van der Waals surface area contributed by atoms with E-state index in [0.29, 0.717) is 5.92 Å². The quantitative estimate of drug-likeness (QED) is 0.871. The molecule has 108 valence electrons. The first kappa shape index (κ1) is 13.6. The molecule has 0 unspecified atom stereocenters. The fraction of sp³-hybridized carbons (Fsp3) is 0.533. The number of aryl methyl sites for hydroxylation is 1. The van der Waals surface area contributed by atoms with E-state index in [4.69, 9.17) is 0 Å². The zero-order valence-electron chi connectivity index (χ0n) is 11.7. The van der Waals surface area contributed by atoms with Crippen molar-refractivity contribution in [1.29, 1.82) is 0 Å². The van der Waals surface area contributed by atoms with Crippen LogP contribution < -0.4 is 4.83 Å². The summed E-state index contributed by atoms with van der Waals surface area (Å²) in [5.41, 5.74) is 2.09. The average Bonchev–Trinajstić information content (AvgIpc) is 3.17. The monoisotopic (exact) mass is 292 g/mol. The van der Waals surface area contributed by atoms with Gasteiger partial charge in [0, 0.05) is 11.6 Å². The van der Waals surface area contributed by atoms with Crippen molar-refractivity contribution in [3.63, 3.8) is 0 Å². The molecule has 3 rings (SSSR count). The molecule has 4 nitrogen and oxygen atoms in total. The second kappa shape index (κ2) is 5.20. The first-order valence-corrected chi connectivity index (χ1v) is 8.69. The van der Waals surface area contributed by atoms with Crippen molar-refractivity contribution in [1.82, 2.24) is 4.83 Å². The number of rotatable bonds is 3. The third-order valence-electron chi connectivity index (χ3n) is 4.25. The minimum atomic E-state index is -3.53. The predicted octanol–water partition coefficient (Wildman–Crippen LogP) is 2.84. The number of nitrogens with zero attached hydrogens (tertiary/aromatic N) is 1. The molecule has 1 N–H and O–H groups in total. The molecule has 0 bridgehead atoms. The van der Waals surface area contributed by atoms with Crippen LogP contribution in [0.1, 0.15) is 37.7 Å². The largest absolute Gasteiger partial charge is 0.276 e. The highest BCUT2D eigenvalue weighted by molar-refractivity contribution is 7.89. The van der Waals surface area contributed by atoms with Gasteiger partial charge in [-0.05, 0) is 50.7 Å². The molecule has 1 aromatic rings. The molecule has 2 aliphatic rings. The van der Waals surface area contributed by atoms with Gasteiger partial charge >= 0.3 is 0 Å². The molecule has 2 atom stereocenters. The van der Waals surface area contributed by atoms with Crippen molar-refractivity contribution in [2.24, 2.45) is 16.9 Å². The number of benzene rings is 1. The lowest BCUT2D eigenvalue weighted by Gasteiger charge is -2.07. The van der Waals surface area contributed by atoms with E-state index in [1.165, 1.54) is 19.3 Å². The molecule has 0 spiro atoms. The molecule has 0 heterocycles. The van der Waals surface area contributed by atoms with Crippen molar-refractivity contribution in [2.45, 2.75) is 43.9 Å². The van der Waals surface area contributed by atoms with Gasteiger partial charge in [0.1, 0.15) is 0 Å². The van der Waals surface area contributed by atoms with Gasteiger partial charge < -0.3 is 0 Å². The number of hydrogen-bond donors (Lipinski definition) is 1. The van der Waals surface area contributed by atoms with Gasteiger partial charge in [-0.1, -0.05) is 24.1 Å². The number of nitrogens with one attached hydrogen (secondary N) is 1. The lowest BCUT2D eigenvalue weighted by Crippen LogP contribution is -2.21. The molecule has 0 amide bonds. The number of fused-ring (bicyclic) bond motifs is 1. The van der Waals surface area contributed by atoms with Crippen molar-refractivity contribution >= 4 is 15.7 Å². The Morgan fingerprint density at radius 2 is 1.95 bits per heavy atom. The fourth-order valence-electron chi connectivity index (χ4n) is 2.90. The zero-order chi connectivity index (χ0) is 14.2. The number of hydrogen-bond acceptors (Lipinski definition) is 3. The van der Waals surface area contributed by atoms with E-state index < -0.39 is 10.0 Å². The van der Waals surface area contributed by atoms with E-state index in [1.54, 1.807) is 24.3 Å². The van der Waals surface area contributed by atoms with Gasteiger partial charge in [0.25, 0.3) is 10.0 Å². The first-order valence-electron chi connectivity index (χ1n) is 7.21. The van der Waals surface area contributed by atoms with E-state index >= 15 is 0 Å². The van der Waals surface area contributed by atoms with Crippen LogP contribution in [0, 0.1) is 18.8 Å². The van der Waals surface area contributed by atoms with Crippen LogP contribution in [0.25, 0.3) is 0 Å². The molecule has 1 aromatic carbocycles. The summed E-state index contributed by atoms with van der Waals surface area (Å²) in [4.78, 5) is 2.68. The van der Waals surface area contributed by atoms with Crippen molar-refractivity contribution in [3.05, 3.63) is 29.8 Å². The fourth-order valence-corrected chi connectivity index (χ4v) is 3.74. The molecule has 2 saturated carbocycles. The zero-order valence-corrected chi connectivity index (χ0v) is 12.5. The third-order valence-corrected chi connectivity index (χ3v) is 5.47. The van der Waals surface area contributed by atoms with E-state index in [2.05, 4.69) is 9.93 Å². The summed E-state index contributed by atoms with van der Waals surface area (Å²) in [6, 6.07) is 6.82. The molecule has 0 saturated heterocycles. The minimum Gasteiger partial charge on any atom is -0.200 e. The van der Waals surface area contributed by atoms with Crippen molar-refractivity contribution in [2.75, 3.05) is 0 Å². The van der Waals surface area contributed by atoms with E-state index in [-0.39, 0.29) is 4.90 Å². The average molecular weight is 292 g/mol. The predicted molar refractivity (Wildman–Crippen MR) is 79.0 cm³/mol. The Kier molecular flexibility index (Phi) is 3.54. The molecule has 2 fully saturated rings. The molecule has 2 aliphatic carbocycles. The van der Waals surface area contributed by atoms with Gasteiger partial charge in [-0.3, -0.25) is 0 Å². The SMILES string of the molecule is Cc1ccc(S(=O)(=O)NN=C2CCCC[C@H]3C[C@@H]23)cc1. The van der Waals surface area contributed by atoms with Crippen LogP contribution in [0.3, 0.4) is 0 Å². The minimum absolute atomic E-state index is 0.272. The van der Waals surface area contributed by atoms with Crippen LogP contribution in [0.5, 0.6) is 0 Å².